The zero-order valence-corrected chi connectivity index (χ0v) is 15.5. The van der Waals surface area contributed by atoms with Crippen molar-refractivity contribution in [3.05, 3.63) is 72.1 Å². The summed E-state index contributed by atoms with van der Waals surface area (Å²) in [5.41, 5.74) is 9.65. The molecule has 0 spiro atoms. The van der Waals surface area contributed by atoms with E-state index in [1.807, 2.05) is 35.1 Å². The van der Waals surface area contributed by atoms with Gasteiger partial charge in [-0.25, -0.2) is 9.51 Å². The normalized spacial score (nSPS) is 16.7. The van der Waals surface area contributed by atoms with E-state index >= 15 is 0 Å². The number of aromatic nitrogens is 2. The number of hydrogen-bond donors (Lipinski definition) is 2. The predicted molar refractivity (Wildman–Crippen MR) is 108 cm³/mol. The van der Waals surface area contributed by atoms with Crippen molar-refractivity contribution in [3.63, 3.8) is 0 Å². The molecule has 4 rings (SSSR count). The number of hydrogen-bond acceptors (Lipinski definition) is 3. The Morgan fingerprint density at radius 3 is 2.70 bits per heavy atom. The number of nitrogens with two attached hydrogens (primary N) is 1. The molecule has 1 aromatic carbocycles. The molecule has 1 fully saturated rings. The Kier molecular flexibility index (Phi) is 5.34. The molecule has 0 unspecified atom stereocenters. The van der Waals surface area contributed by atoms with Crippen molar-refractivity contribution in [2.45, 2.75) is 32.0 Å². The van der Waals surface area contributed by atoms with Crippen LogP contribution in [-0.2, 0) is 13.1 Å². The van der Waals surface area contributed by atoms with E-state index in [0.717, 1.165) is 43.6 Å². The van der Waals surface area contributed by atoms with Gasteiger partial charge >= 0.3 is 0 Å². The second-order valence-corrected chi connectivity index (χ2v) is 7.08. The molecule has 27 heavy (non-hydrogen) atoms. The van der Waals surface area contributed by atoms with Crippen LogP contribution in [0.15, 0.2) is 65.9 Å². The highest BCUT2D eigenvalue weighted by Crippen LogP contribution is 2.14. The van der Waals surface area contributed by atoms with Crippen LogP contribution in [-0.4, -0.2) is 39.6 Å². The first-order valence-electron chi connectivity index (χ1n) is 9.52. The van der Waals surface area contributed by atoms with Gasteiger partial charge in [-0.15, -0.1) is 0 Å². The number of guanidine groups is 1. The van der Waals surface area contributed by atoms with Gasteiger partial charge in [0.1, 0.15) is 0 Å². The Labute approximate surface area is 159 Å². The van der Waals surface area contributed by atoms with Crippen LogP contribution in [0.3, 0.4) is 0 Å². The number of piperidine rings is 1. The largest absolute Gasteiger partial charge is 0.370 e. The Morgan fingerprint density at radius 2 is 1.89 bits per heavy atom. The Hall–Kier alpha value is -2.86. The zero-order chi connectivity index (χ0) is 18.5. The average molecular weight is 362 g/mol. The lowest BCUT2D eigenvalue weighted by molar-refractivity contribution is 0.199. The molecule has 0 saturated carbocycles. The van der Waals surface area contributed by atoms with Crippen molar-refractivity contribution in [2.24, 2.45) is 10.7 Å². The molecule has 1 aliphatic heterocycles. The Bertz CT molecular complexity index is 893. The maximum atomic E-state index is 6.12. The molecule has 3 N–H and O–H groups in total. The van der Waals surface area contributed by atoms with Crippen molar-refractivity contribution in [3.8, 4) is 0 Å². The second kappa shape index (κ2) is 8.22. The van der Waals surface area contributed by atoms with E-state index in [4.69, 9.17) is 5.73 Å². The number of likely N-dealkylation sites (tertiary alicyclic amines) is 1. The van der Waals surface area contributed by atoms with Crippen LogP contribution in [0.5, 0.6) is 0 Å². The van der Waals surface area contributed by atoms with Gasteiger partial charge in [0.2, 0.25) is 0 Å². The molecule has 0 amide bonds. The van der Waals surface area contributed by atoms with Crippen LogP contribution in [0.4, 0.5) is 0 Å². The minimum absolute atomic E-state index is 0.393. The summed E-state index contributed by atoms with van der Waals surface area (Å²) in [4.78, 5) is 7.01. The summed E-state index contributed by atoms with van der Waals surface area (Å²) in [5.74, 6) is 0.520. The fourth-order valence-electron chi connectivity index (χ4n) is 3.61. The van der Waals surface area contributed by atoms with E-state index in [1.165, 1.54) is 5.56 Å². The molecule has 1 aliphatic rings. The van der Waals surface area contributed by atoms with Gasteiger partial charge < -0.3 is 11.1 Å². The molecule has 1 saturated heterocycles. The van der Waals surface area contributed by atoms with Gasteiger partial charge in [0, 0.05) is 37.4 Å². The fraction of sp³-hybridized carbons (Fsp3) is 0.333. The molecule has 3 heterocycles. The van der Waals surface area contributed by atoms with E-state index in [9.17, 15) is 0 Å². The number of pyridine rings is 1. The summed E-state index contributed by atoms with van der Waals surface area (Å²) in [6.45, 7) is 3.72. The van der Waals surface area contributed by atoms with Crippen molar-refractivity contribution in [1.29, 1.82) is 0 Å². The summed E-state index contributed by atoms with van der Waals surface area (Å²) in [6.07, 6.45) is 5.96. The highest BCUT2D eigenvalue weighted by atomic mass is 15.2. The third-order valence-corrected chi connectivity index (χ3v) is 5.11. The molecule has 0 bridgehead atoms. The maximum absolute atomic E-state index is 6.12. The second-order valence-electron chi connectivity index (χ2n) is 7.08. The number of nitrogens with zero attached hydrogens (tertiary/aromatic N) is 4. The topological polar surface area (TPSA) is 70.9 Å². The molecule has 6 nitrogen and oxygen atoms in total. The maximum Gasteiger partial charge on any atom is 0.189 e. The van der Waals surface area contributed by atoms with Crippen LogP contribution >= 0.6 is 0 Å². The number of fused-ring (bicyclic) bond motifs is 1. The lowest BCUT2D eigenvalue weighted by Gasteiger charge is -2.32. The first-order chi connectivity index (χ1) is 13.3. The van der Waals surface area contributed by atoms with Crippen LogP contribution in [0.1, 0.15) is 24.0 Å². The number of aliphatic imine (C=N–C) groups is 1. The van der Waals surface area contributed by atoms with Gasteiger partial charge in [0.25, 0.3) is 0 Å². The van der Waals surface area contributed by atoms with Crippen LogP contribution in [0.25, 0.3) is 5.52 Å². The molecular weight excluding hydrogens is 336 g/mol. The molecule has 140 valence electrons. The molecule has 2 aromatic heterocycles. The minimum Gasteiger partial charge on any atom is -0.370 e. The Balaban J connectivity index is 1.26. The average Bonchev–Trinajstić information content (AvgIpc) is 3.12. The van der Waals surface area contributed by atoms with Crippen molar-refractivity contribution < 1.29 is 0 Å². The predicted octanol–water partition coefficient (Wildman–Crippen LogP) is 2.40. The summed E-state index contributed by atoms with van der Waals surface area (Å²) in [6, 6.07) is 17.1. The summed E-state index contributed by atoms with van der Waals surface area (Å²) < 4.78 is 1.86. The van der Waals surface area contributed by atoms with Crippen molar-refractivity contribution in [1.82, 2.24) is 19.8 Å². The van der Waals surface area contributed by atoms with Gasteiger partial charge in [-0.2, -0.15) is 5.10 Å². The summed E-state index contributed by atoms with van der Waals surface area (Å²) >= 11 is 0. The summed E-state index contributed by atoms with van der Waals surface area (Å²) in [5, 5.41) is 7.72. The third kappa shape index (κ3) is 4.46. The quantitative estimate of drug-likeness (QED) is 0.540. The number of nitrogens with one attached hydrogen (secondary N) is 1. The number of rotatable bonds is 5. The van der Waals surface area contributed by atoms with Crippen LogP contribution in [0, 0.1) is 0 Å². The molecule has 6 heteroatoms. The lowest BCUT2D eigenvalue weighted by Crippen LogP contribution is -2.46. The van der Waals surface area contributed by atoms with E-state index in [2.05, 4.69) is 50.6 Å². The van der Waals surface area contributed by atoms with E-state index < -0.39 is 0 Å². The fourth-order valence-corrected chi connectivity index (χ4v) is 3.61. The van der Waals surface area contributed by atoms with Crippen molar-refractivity contribution >= 4 is 11.5 Å². The monoisotopic (exact) mass is 362 g/mol. The molecule has 0 aliphatic carbocycles. The molecule has 0 atom stereocenters. The van der Waals surface area contributed by atoms with Gasteiger partial charge in [-0.05, 0) is 30.5 Å². The van der Waals surface area contributed by atoms with Gasteiger partial charge in [0.15, 0.2) is 5.96 Å². The smallest absolute Gasteiger partial charge is 0.189 e. The molecular formula is C21H26N6. The van der Waals surface area contributed by atoms with Crippen LogP contribution < -0.4 is 11.1 Å². The first kappa shape index (κ1) is 17.5. The molecule has 0 radical (unpaired) electrons. The van der Waals surface area contributed by atoms with Crippen LogP contribution in [0.2, 0.25) is 0 Å². The van der Waals surface area contributed by atoms with Gasteiger partial charge in [0.05, 0.1) is 18.3 Å². The van der Waals surface area contributed by atoms with E-state index in [0.29, 0.717) is 18.5 Å². The number of benzene rings is 1. The van der Waals surface area contributed by atoms with E-state index in [-0.39, 0.29) is 0 Å². The minimum atomic E-state index is 0.393. The van der Waals surface area contributed by atoms with Gasteiger partial charge in [-0.1, -0.05) is 36.4 Å². The summed E-state index contributed by atoms with van der Waals surface area (Å²) in [7, 11) is 0. The first-order valence-corrected chi connectivity index (χ1v) is 9.52. The lowest BCUT2D eigenvalue weighted by atomic mass is 10.0. The molecule has 3 aromatic rings. The SMILES string of the molecule is NC(=NCc1cnn2ccccc12)NC1CCN(Cc2ccccc2)CC1. The zero-order valence-electron chi connectivity index (χ0n) is 15.5. The standard InChI is InChI=1S/C21H26N6/c22-21(23-14-18-15-24-27-11-5-4-8-20(18)27)25-19-9-12-26(13-10-19)16-17-6-2-1-3-7-17/h1-8,11,15,19H,9-10,12-14,16H2,(H3,22,23,25). The van der Waals surface area contributed by atoms with E-state index in [1.54, 1.807) is 0 Å². The van der Waals surface area contributed by atoms with Crippen molar-refractivity contribution in [2.75, 3.05) is 13.1 Å². The Morgan fingerprint density at radius 1 is 1.11 bits per heavy atom. The van der Waals surface area contributed by atoms with Gasteiger partial charge in [-0.3, -0.25) is 4.90 Å². The highest BCUT2D eigenvalue weighted by Gasteiger charge is 2.19. The highest BCUT2D eigenvalue weighted by molar-refractivity contribution is 5.78. The third-order valence-electron chi connectivity index (χ3n) is 5.11.